The predicted molar refractivity (Wildman–Crippen MR) is 66.0 cm³/mol. The Hall–Kier alpha value is -1.82. The molecule has 0 aliphatic carbocycles. The van der Waals surface area contributed by atoms with Crippen LogP contribution in [0.3, 0.4) is 0 Å². The van der Waals surface area contributed by atoms with Crippen LogP contribution in [0.4, 0.5) is 4.39 Å². The number of rotatable bonds is 4. The molecule has 1 aromatic carbocycles. The number of benzene rings is 1. The van der Waals surface area contributed by atoms with Crippen molar-refractivity contribution in [3.63, 3.8) is 0 Å². The average molecular weight is 269 g/mol. The molecule has 0 radical (unpaired) electrons. The van der Waals surface area contributed by atoms with Crippen molar-refractivity contribution in [2.24, 2.45) is 5.92 Å². The molecule has 0 amide bonds. The van der Waals surface area contributed by atoms with E-state index in [1.54, 1.807) is 0 Å². The topological polar surface area (TPSA) is 67.8 Å². The van der Waals surface area contributed by atoms with Crippen molar-refractivity contribution in [1.82, 2.24) is 5.32 Å². The van der Waals surface area contributed by atoms with E-state index in [2.05, 4.69) is 5.32 Å². The van der Waals surface area contributed by atoms with E-state index < -0.39 is 17.7 Å². The second kappa shape index (κ2) is 5.44. The van der Waals surface area contributed by atoms with Crippen LogP contribution in [-0.4, -0.2) is 31.8 Å². The van der Waals surface area contributed by atoms with Gasteiger partial charge in [-0.2, -0.15) is 0 Å². The third kappa shape index (κ3) is 2.63. The average Bonchev–Trinajstić information content (AvgIpc) is 2.88. The predicted octanol–water partition coefficient (Wildman–Crippen LogP) is 1.58. The van der Waals surface area contributed by atoms with Crippen molar-refractivity contribution in [2.75, 3.05) is 20.8 Å². The van der Waals surface area contributed by atoms with Crippen LogP contribution in [0.25, 0.3) is 0 Å². The fraction of sp³-hybridized carbons (Fsp3) is 0.462. The number of carbonyl (C=O) groups is 1. The van der Waals surface area contributed by atoms with Crippen molar-refractivity contribution in [1.29, 1.82) is 0 Å². The standard InChI is InChI=1S/C13H16FNO4/c1-18-11-5-12(19-2)9(14)4-8(11)10-3-7(6-15-10)13(16)17/h4-5,7,10,15H,3,6H2,1-2H3,(H,16,17). The molecular weight excluding hydrogens is 253 g/mol. The Bertz CT molecular complexity index is 492. The molecule has 1 fully saturated rings. The van der Waals surface area contributed by atoms with Gasteiger partial charge in [0.15, 0.2) is 11.6 Å². The van der Waals surface area contributed by atoms with Gasteiger partial charge in [0.1, 0.15) is 5.75 Å². The summed E-state index contributed by atoms with van der Waals surface area (Å²) < 4.78 is 23.9. The number of aliphatic carboxylic acids is 1. The number of ether oxygens (including phenoxy) is 2. The Kier molecular flexibility index (Phi) is 3.90. The molecule has 1 aliphatic rings. The fourth-order valence-corrected chi connectivity index (χ4v) is 2.32. The van der Waals surface area contributed by atoms with Crippen molar-refractivity contribution in [3.8, 4) is 11.5 Å². The maximum atomic E-state index is 13.8. The van der Waals surface area contributed by atoms with E-state index in [0.29, 0.717) is 24.3 Å². The molecule has 2 N–H and O–H groups in total. The van der Waals surface area contributed by atoms with E-state index in [4.69, 9.17) is 14.6 Å². The van der Waals surface area contributed by atoms with Crippen molar-refractivity contribution in [2.45, 2.75) is 12.5 Å². The van der Waals surface area contributed by atoms with Gasteiger partial charge in [0.25, 0.3) is 0 Å². The normalized spacial score (nSPS) is 22.3. The van der Waals surface area contributed by atoms with Gasteiger partial charge in [0.05, 0.1) is 20.1 Å². The molecular formula is C13H16FNO4. The van der Waals surface area contributed by atoms with Gasteiger partial charge in [0, 0.05) is 24.2 Å². The van der Waals surface area contributed by atoms with E-state index in [9.17, 15) is 9.18 Å². The first-order valence-electron chi connectivity index (χ1n) is 5.94. The summed E-state index contributed by atoms with van der Waals surface area (Å²) >= 11 is 0. The van der Waals surface area contributed by atoms with Crippen molar-refractivity contribution >= 4 is 5.97 Å². The second-order valence-electron chi connectivity index (χ2n) is 4.46. The van der Waals surface area contributed by atoms with Crippen LogP contribution in [0.2, 0.25) is 0 Å². The first-order valence-corrected chi connectivity index (χ1v) is 5.94. The summed E-state index contributed by atoms with van der Waals surface area (Å²) in [6.07, 6.45) is 0.414. The lowest BCUT2D eigenvalue weighted by molar-refractivity contribution is -0.141. The van der Waals surface area contributed by atoms with Gasteiger partial charge >= 0.3 is 5.97 Å². The smallest absolute Gasteiger partial charge is 0.307 e. The highest BCUT2D eigenvalue weighted by atomic mass is 19.1. The van der Waals surface area contributed by atoms with Crippen LogP contribution >= 0.6 is 0 Å². The first-order chi connectivity index (χ1) is 9.06. The highest BCUT2D eigenvalue weighted by Gasteiger charge is 2.32. The van der Waals surface area contributed by atoms with Gasteiger partial charge in [0.2, 0.25) is 0 Å². The van der Waals surface area contributed by atoms with Crippen molar-refractivity contribution in [3.05, 3.63) is 23.5 Å². The summed E-state index contributed by atoms with van der Waals surface area (Å²) in [5, 5.41) is 12.1. The molecule has 5 nitrogen and oxygen atoms in total. The quantitative estimate of drug-likeness (QED) is 0.868. The molecule has 1 heterocycles. The van der Waals surface area contributed by atoms with Gasteiger partial charge in [-0.15, -0.1) is 0 Å². The van der Waals surface area contributed by atoms with Crippen LogP contribution in [0.15, 0.2) is 12.1 Å². The summed E-state index contributed by atoms with van der Waals surface area (Å²) in [7, 11) is 2.87. The number of carboxylic acid groups (broad SMARTS) is 1. The molecule has 0 bridgehead atoms. The monoisotopic (exact) mass is 269 g/mol. The molecule has 2 rings (SSSR count). The molecule has 6 heteroatoms. The SMILES string of the molecule is COc1cc(OC)c(C2CC(C(=O)O)CN2)cc1F. The van der Waals surface area contributed by atoms with E-state index in [-0.39, 0.29) is 11.8 Å². The summed E-state index contributed by atoms with van der Waals surface area (Å²) in [5.74, 6) is -1.20. The van der Waals surface area contributed by atoms with E-state index in [0.717, 1.165) is 0 Å². The number of hydrogen-bond donors (Lipinski definition) is 2. The minimum atomic E-state index is -0.844. The van der Waals surface area contributed by atoms with Crippen LogP contribution in [0.1, 0.15) is 18.0 Å². The number of carboxylic acids is 1. The van der Waals surface area contributed by atoms with Crippen LogP contribution in [0, 0.1) is 11.7 Å². The zero-order chi connectivity index (χ0) is 14.0. The molecule has 19 heavy (non-hydrogen) atoms. The molecule has 1 aliphatic heterocycles. The number of methoxy groups -OCH3 is 2. The maximum Gasteiger partial charge on any atom is 0.307 e. The summed E-state index contributed by atoms with van der Waals surface area (Å²) in [6.45, 7) is 0.372. The van der Waals surface area contributed by atoms with Gasteiger partial charge < -0.3 is 19.9 Å². The number of halogens is 1. The molecule has 2 atom stereocenters. The lowest BCUT2D eigenvalue weighted by Gasteiger charge is -2.16. The summed E-state index contributed by atoms with van der Waals surface area (Å²) in [6, 6.07) is 2.58. The summed E-state index contributed by atoms with van der Waals surface area (Å²) in [5.41, 5.74) is 0.615. The maximum absolute atomic E-state index is 13.8. The minimum absolute atomic E-state index is 0.105. The van der Waals surface area contributed by atoms with Crippen LogP contribution in [-0.2, 0) is 4.79 Å². The molecule has 0 saturated carbocycles. The van der Waals surface area contributed by atoms with E-state index in [1.807, 2.05) is 0 Å². The highest BCUT2D eigenvalue weighted by molar-refractivity contribution is 5.71. The lowest BCUT2D eigenvalue weighted by atomic mass is 9.99. The molecule has 2 unspecified atom stereocenters. The number of nitrogens with one attached hydrogen (secondary N) is 1. The van der Waals surface area contributed by atoms with Gasteiger partial charge in [-0.3, -0.25) is 4.79 Å². The van der Waals surface area contributed by atoms with Gasteiger partial charge in [-0.1, -0.05) is 0 Å². The number of hydrogen-bond acceptors (Lipinski definition) is 4. The molecule has 0 aromatic heterocycles. The summed E-state index contributed by atoms with van der Waals surface area (Å²) in [4.78, 5) is 10.9. The Morgan fingerprint density at radius 1 is 1.37 bits per heavy atom. The Morgan fingerprint density at radius 2 is 2.05 bits per heavy atom. The lowest BCUT2D eigenvalue weighted by Crippen LogP contribution is -2.17. The van der Waals surface area contributed by atoms with E-state index in [1.165, 1.54) is 26.4 Å². The van der Waals surface area contributed by atoms with Crippen molar-refractivity contribution < 1.29 is 23.8 Å². The molecule has 1 aromatic rings. The largest absolute Gasteiger partial charge is 0.496 e. The zero-order valence-corrected chi connectivity index (χ0v) is 10.8. The van der Waals surface area contributed by atoms with Crippen LogP contribution < -0.4 is 14.8 Å². The third-order valence-corrected chi connectivity index (χ3v) is 3.36. The first kappa shape index (κ1) is 13.6. The van der Waals surface area contributed by atoms with Gasteiger partial charge in [-0.25, -0.2) is 4.39 Å². The molecule has 104 valence electrons. The van der Waals surface area contributed by atoms with Gasteiger partial charge in [-0.05, 0) is 12.5 Å². The zero-order valence-electron chi connectivity index (χ0n) is 10.8. The Labute approximate surface area is 110 Å². The fourth-order valence-electron chi connectivity index (χ4n) is 2.32. The Morgan fingerprint density at radius 3 is 2.58 bits per heavy atom. The third-order valence-electron chi connectivity index (χ3n) is 3.36. The van der Waals surface area contributed by atoms with Crippen LogP contribution in [0.5, 0.6) is 11.5 Å². The Balaban J connectivity index is 2.30. The minimum Gasteiger partial charge on any atom is -0.496 e. The highest BCUT2D eigenvalue weighted by Crippen LogP contribution is 2.36. The second-order valence-corrected chi connectivity index (χ2v) is 4.46. The molecule has 0 spiro atoms. The van der Waals surface area contributed by atoms with E-state index >= 15 is 0 Å². The molecule has 1 saturated heterocycles.